The predicted molar refractivity (Wildman–Crippen MR) is 150 cm³/mol. The Kier molecular flexibility index (Phi) is 8.66. The van der Waals surface area contributed by atoms with Crippen molar-refractivity contribution >= 4 is 17.6 Å². The van der Waals surface area contributed by atoms with Gasteiger partial charge in [0.25, 0.3) is 0 Å². The molecule has 0 saturated heterocycles. The van der Waals surface area contributed by atoms with Crippen LogP contribution in [-0.4, -0.2) is 52.1 Å². The van der Waals surface area contributed by atoms with Crippen molar-refractivity contribution in [1.82, 2.24) is 25.0 Å². The van der Waals surface area contributed by atoms with E-state index in [4.69, 9.17) is 0 Å². The van der Waals surface area contributed by atoms with Gasteiger partial charge < -0.3 is 15.5 Å². The SMILES string of the molecule is Cc1ccc([C@@H](C)CN[C@@H](C(=O)Nc2ccc(-c3cnn(CC(=O)N(C)C)c3)cn2)c2ccccc2)cc1. The second-order valence-corrected chi connectivity index (χ2v) is 9.70. The van der Waals surface area contributed by atoms with Crippen LogP contribution >= 0.6 is 0 Å². The highest BCUT2D eigenvalue weighted by Crippen LogP contribution is 2.22. The Hall–Kier alpha value is -4.30. The number of nitrogens with zero attached hydrogens (tertiary/aromatic N) is 4. The van der Waals surface area contributed by atoms with Crippen LogP contribution in [0.5, 0.6) is 0 Å². The summed E-state index contributed by atoms with van der Waals surface area (Å²) >= 11 is 0. The number of anilines is 1. The number of carbonyl (C=O) groups excluding carboxylic acids is 2. The maximum Gasteiger partial charge on any atom is 0.247 e. The lowest BCUT2D eigenvalue weighted by molar-refractivity contribution is -0.129. The number of benzene rings is 2. The summed E-state index contributed by atoms with van der Waals surface area (Å²) < 4.78 is 1.60. The van der Waals surface area contributed by atoms with E-state index in [0.717, 1.165) is 16.7 Å². The molecule has 0 radical (unpaired) electrons. The van der Waals surface area contributed by atoms with Crippen molar-refractivity contribution in [3.63, 3.8) is 0 Å². The van der Waals surface area contributed by atoms with Crippen LogP contribution in [0.2, 0.25) is 0 Å². The number of carbonyl (C=O) groups is 2. The van der Waals surface area contributed by atoms with Crippen LogP contribution in [-0.2, 0) is 16.1 Å². The third kappa shape index (κ3) is 6.92. The topological polar surface area (TPSA) is 92.2 Å². The number of hydrogen-bond acceptors (Lipinski definition) is 5. The molecule has 2 atom stereocenters. The van der Waals surface area contributed by atoms with Crippen LogP contribution in [0.3, 0.4) is 0 Å². The van der Waals surface area contributed by atoms with E-state index in [1.165, 1.54) is 16.0 Å². The van der Waals surface area contributed by atoms with Crippen LogP contribution in [0.25, 0.3) is 11.1 Å². The molecule has 0 fully saturated rings. The third-order valence-corrected chi connectivity index (χ3v) is 6.45. The first-order valence-corrected chi connectivity index (χ1v) is 12.6. The average Bonchev–Trinajstić information content (AvgIpc) is 3.38. The first kappa shape index (κ1) is 26.8. The van der Waals surface area contributed by atoms with Crippen molar-refractivity contribution in [2.45, 2.75) is 32.4 Å². The van der Waals surface area contributed by atoms with Gasteiger partial charge in [-0.05, 0) is 36.1 Å². The molecule has 2 heterocycles. The van der Waals surface area contributed by atoms with E-state index in [1.54, 1.807) is 43.4 Å². The van der Waals surface area contributed by atoms with Crippen LogP contribution < -0.4 is 10.6 Å². The molecule has 38 heavy (non-hydrogen) atoms. The summed E-state index contributed by atoms with van der Waals surface area (Å²) in [5.74, 6) is 0.484. The molecular weight excluding hydrogens is 476 g/mol. The van der Waals surface area contributed by atoms with Gasteiger partial charge >= 0.3 is 0 Å². The number of hydrogen-bond donors (Lipinski definition) is 2. The van der Waals surface area contributed by atoms with Gasteiger partial charge in [-0.25, -0.2) is 4.98 Å². The Labute approximate surface area is 223 Å². The lowest BCUT2D eigenvalue weighted by Gasteiger charge is -2.21. The highest BCUT2D eigenvalue weighted by atomic mass is 16.2. The molecule has 196 valence electrons. The van der Waals surface area contributed by atoms with E-state index < -0.39 is 6.04 Å². The summed E-state index contributed by atoms with van der Waals surface area (Å²) in [6.07, 6.45) is 5.19. The minimum absolute atomic E-state index is 0.0364. The first-order valence-electron chi connectivity index (χ1n) is 12.6. The summed E-state index contributed by atoms with van der Waals surface area (Å²) in [6, 6.07) is 21.3. The van der Waals surface area contributed by atoms with Crippen LogP contribution in [0, 0.1) is 6.92 Å². The molecule has 2 amide bonds. The van der Waals surface area contributed by atoms with E-state index in [0.29, 0.717) is 12.4 Å². The van der Waals surface area contributed by atoms with E-state index in [2.05, 4.69) is 58.8 Å². The molecule has 4 rings (SSSR count). The van der Waals surface area contributed by atoms with Crippen LogP contribution in [0.1, 0.15) is 35.6 Å². The van der Waals surface area contributed by atoms with Crippen LogP contribution in [0.15, 0.2) is 85.3 Å². The maximum absolute atomic E-state index is 13.4. The molecule has 0 spiro atoms. The van der Waals surface area contributed by atoms with E-state index >= 15 is 0 Å². The average molecular weight is 511 g/mol. The summed E-state index contributed by atoms with van der Waals surface area (Å²) in [6.45, 7) is 5.04. The van der Waals surface area contributed by atoms with Crippen molar-refractivity contribution in [3.8, 4) is 11.1 Å². The minimum Gasteiger partial charge on any atom is -0.347 e. The molecule has 8 heteroatoms. The predicted octanol–water partition coefficient (Wildman–Crippen LogP) is 4.41. The van der Waals surface area contributed by atoms with Gasteiger partial charge in [0.15, 0.2) is 0 Å². The zero-order valence-electron chi connectivity index (χ0n) is 22.3. The lowest BCUT2D eigenvalue weighted by Crippen LogP contribution is -2.35. The highest BCUT2D eigenvalue weighted by molar-refractivity contribution is 5.95. The van der Waals surface area contributed by atoms with Crippen LogP contribution in [0.4, 0.5) is 5.82 Å². The number of nitrogens with one attached hydrogen (secondary N) is 2. The number of rotatable bonds is 10. The van der Waals surface area contributed by atoms with Gasteiger partial charge in [0, 0.05) is 44.2 Å². The Balaban J connectivity index is 1.42. The molecule has 8 nitrogen and oxygen atoms in total. The third-order valence-electron chi connectivity index (χ3n) is 6.45. The quantitative estimate of drug-likeness (QED) is 0.330. The maximum atomic E-state index is 13.4. The number of aryl methyl sites for hydroxylation is 1. The second-order valence-electron chi connectivity index (χ2n) is 9.70. The Bertz CT molecular complexity index is 1350. The van der Waals surface area contributed by atoms with Crippen molar-refractivity contribution in [2.24, 2.45) is 0 Å². The molecule has 0 unspecified atom stereocenters. The molecule has 2 aromatic heterocycles. The minimum atomic E-state index is -0.530. The Morgan fingerprint density at radius 2 is 1.66 bits per heavy atom. The number of likely N-dealkylation sites (N-methyl/N-ethyl adjacent to an activating group) is 1. The molecule has 0 saturated carbocycles. The molecule has 4 aromatic rings. The summed E-state index contributed by atoms with van der Waals surface area (Å²) in [5, 5.41) is 10.7. The molecule has 0 aliphatic rings. The molecule has 2 aromatic carbocycles. The summed E-state index contributed by atoms with van der Waals surface area (Å²) in [7, 11) is 3.43. The zero-order chi connectivity index (χ0) is 27.1. The van der Waals surface area contributed by atoms with Crippen molar-refractivity contribution < 1.29 is 9.59 Å². The molecular formula is C30H34N6O2. The zero-order valence-corrected chi connectivity index (χ0v) is 22.3. The number of amides is 2. The highest BCUT2D eigenvalue weighted by Gasteiger charge is 2.22. The monoisotopic (exact) mass is 510 g/mol. The standard InChI is InChI=1S/C30H34N6O2/c1-21-10-12-23(13-11-21)22(2)16-32-29(24-8-6-5-7-9-24)30(38)34-27-15-14-25(17-31-27)26-18-33-36(19-26)20-28(37)35(3)4/h5-15,17-19,22,29,32H,16,20H2,1-4H3,(H,31,34,38)/t22-,29+/m0/s1. The fourth-order valence-corrected chi connectivity index (χ4v) is 4.03. The van der Waals surface area contributed by atoms with Crippen molar-refractivity contribution in [1.29, 1.82) is 0 Å². The first-order chi connectivity index (χ1) is 18.3. The van der Waals surface area contributed by atoms with Gasteiger partial charge in [-0.1, -0.05) is 67.1 Å². The normalized spacial score (nSPS) is 12.5. The Morgan fingerprint density at radius 3 is 2.32 bits per heavy atom. The van der Waals surface area contributed by atoms with Gasteiger partial charge in [-0.3, -0.25) is 14.3 Å². The number of aromatic nitrogens is 3. The second kappa shape index (κ2) is 12.3. The lowest BCUT2D eigenvalue weighted by atomic mass is 9.98. The molecule has 0 bridgehead atoms. The summed E-state index contributed by atoms with van der Waals surface area (Å²) in [4.78, 5) is 31.3. The van der Waals surface area contributed by atoms with Gasteiger partial charge in [-0.15, -0.1) is 0 Å². The van der Waals surface area contributed by atoms with Gasteiger partial charge in [-0.2, -0.15) is 5.10 Å². The largest absolute Gasteiger partial charge is 0.347 e. The van der Waals surface area contributed by atoms with E-state index in [1.807, 2.05) is 36.4 Å². The van der Waals surface area contributed by atoms with Gasteiger partial charge in [0.1, 0.15) is 18.4 Å². The van der Waals surface area contributed by atoms with E-state index in [9.17, 15) is 9.59 Å². The van der Waals surface area contributed by atoms with Crippen molar-refractivity contribution in [3.05, 3.63) is 102 Å². The fraction of sp³-hybridized carbons (Fsp3) is 0.267. The molecule has 2 N–H and O–H groups in total. The molecule has 0 aliphatic heterocycles. The van der Waals surface area contributed by atoms with Gasteiger partial charge in [0.05, 0.1) is 6.20 Å². The number of pyridine rings is 1. The molecule has 0 aliphatic carbocycles. The van der Waals surface area contributed by atoms with Crippen molar-refractivity contribution in [2.75, 3.05) is 26.0 Å². The summed E-state index contributed by atoms with van der Waals surface area (Å²) in [5.41, 5.74) is 5.02. The van der Waals surface area contributed by atoms with Gasteiger partial charge in [0.2, 0.25) is 11.8 Å². The fourth-order valence-electron chi connectivity index (χ4n) is 4.03. The van der Waals surface area contributed by atoms with E-state index in [-0.39, 0.29) is 24.3 Å². The smallest absolute Gasteiger partial charge is 0.247 e. The Morgan fingerprint density at radius 1 is 0.921 bits per heavy atom.